The Morgan fingerprint density at radius 1 is 1.53 bits per heavy atom. The molecular weight excluding hydrogens is 268 g/mol. The van der Waals surface area contributed by atoms with Gasteiger partial charge in [-0.1, -0.05) is 6.07 Å². The Balaban J connectivity index is 2.50. The fourth-order valence-electron chi connectivity index (χ4n) is 1.18. The molecule has 0 heterocycles. The largest absolute Gasteiger partial charge is 0.326 e. The Morgan fingerprint density at radius 2 is 2.24 bits per heavy atom. The van der Waals surface area contributed by atoms with Crippen LogP contribution in [0.5, 0.6) is 0 Å². The maximum Gasteiger partial charge on any atom is 0.322 e. The van der Waals surface area contributed by atoms with E-state index in [1.165, 1.54) is 11.8 Å². The summed E-state index contributed by atoms with van der Waals surface area (Å²) in [7, 11) is 0. The lowest BCUT2D eigenvalue weighted by Crippen LogP contribution is -2.15. The van der Waals surface area contributed by atoms with E-state index in [-0.39, 0.29) is 6.42 Å². The second-order valence-electron chi connectivity index (χ2n) is 3.40. The van der Waals surface area contributed by atoms with Gasteiger partial charge in [0.1, 0.15) is 0 Å². The number of hydrogen-bond donors (Lipinski definition) is 1. The summed E-state index contributed by atoms with van der Waals surface area (Å²) in [5.41, 5.74) is 0.597. The maximum absolute atomic E-state index is 12.3. The molecule has 0 saturated heterocycles. The summed E-state index contributed by atoms with van der Waals surface area (Å²) in [6, 6.07) is 7.17. The van der Waals surface area contributed by atoms with Gasteiger partial charge in [-0.25, -0.2) is 0 Å². The van der Waals surface area contributed by atoms with E-state index in [0.717, 1.165) is 4.90 Å². The first-order chi connectivity index (χ1) is 7.90. The molecule has 0 radical (unpaired) electrons. The summed E-state index contributed by atoms with van der Waals surface area (Å²) in [5, 5.41) is -0.776. The van der Waals surface area contributed by atoms with Gasteiger partial charge in [-0.05, 0) is 36.1 Å². The molecule has 1 rings (SSSR count). The van der Waals surface area contributed by atoms with Gasteiger partial charge in [0.15, 0.2) is 0 Å². The molecule has 1 amide bonds. The van der Waals surface area contributed by atoms with Gasteiger partial charge in [-0.15, -0.1) is 11.8 Å². The normalized spacial score (nSPS) is 11.3. The highest BCUT2D eigenvalue weighted by atomic mass is 35.5. The van der Waals surface area contributed by atoms with Crippen LogP contribution >= 0.6 is 23.4 Å². The molecule has 0 aromatic heterocycles. The number of amides is 1. The van der Waals surface area contributed by atoms with Gasteiger partial charge in [0.05, 0.1) is 0 Å². The molecule has 1 aromatic rings. The molecule has 0 aliphatic heterocycles. The fourth-order valence-corrected chi connectivity index (χ4v) is 1.73. The molecule has 0 aliphatic rings. The third-order valence-electron chi connectivity index (χ3n) is 1.99. The van der Waals surface area contributed by atoms with Crippen molar-refractivity contribution >= 4 is 35.0 Å². The molecule has 0 spiro atoms. The number of hydrogen-bond acceptors (Lipinski definition) is 2. The highest BCUT2D eigenvalue weighted by molar-refractivity contribution is 7.98. The molecule has 1 N–H and O–H groups in total. The topological polar surface area (TPSA) is 29.1 Å². The number of nitrogens with one attached hydrogen (secondary N) is 1. The van der Waals surface area contributed by atoms with Crippen LogP contribution in [-0.2, 0) is 4.79 Å². The third-order valence-corrected chi connectivity index (χ3v) is 2.90. The number of halogens is 3. The van der Waals surface area contributed by atoms with Crippen molar-refractivity contribution in [3.63, 3.8) is 0 Å². The minimum Gasteiger partial charge on any atom is -0.326 e. The van der Waals surface area contributed by atoms with Crippen LogP contribution in [0.1, 0.15) is 12.8 Å². The zero-order valence-electron chi connectivity index (χ0n) is 9.17. The first-order valence-electron chi connectivity index (χ1n) is 4.91. The zero-order chi connectivity index (χ0) is 12.9. The molecule has 1 aromatic carbocycles. The third kappa shape index (κ3) is 5.89. The van der Waals surface area contributed by atoms with Gasteiger partial charge < -0.3 is 5.32 Å². The monoisotopic (exact) mass is 279 g/mol. The van der Waals surface area contributed by atoms with E-state index >= 15 is 0 Å². The van der Waals surface area contributed by atoms with Gasteiger partial charge in [0.2, 0.25) is 5.91 Å². The van der Waals surface area contributed by atoms with E-state index in [1.54, 1.807) is 18.2 Å². The Kier molecular flexibility index (Phi) is 5.21. The van der Waals surface area contributed by atoms with Crippen molar-refractivity contribution < 1.29 is 13.6 Å². The smallest absolute Gasteiger partial charge is 0.322 e. The van der Waals surface area contributed by atoms with Crippen LogP contribution in [0.2, 0.25) is 0 Å². The molecule has 0 atom stereocenters. The molecule has 0 aliphatic carbocycles. The predicted molar refractivity (Wildman–Crippen MR) is 66.9 cm³/mol. The molecule has 0 unspecified atom stereocenters. The highest BCUT2D eigenvalue weighted by Crippen LogP contribution is 2.25. The minimum atomic E-state index is -3.32. The molecular formula is C11H12ClF2NOS. The van der Waals surface area contributed by atoms with E-state index < -0.39 is 17.7 Å². The van der Waals surface area contributed by atoms with E-state index in [0.29, 0.717) is 5.69 Å². The van der Waals surface area contributed by atoms with Gasteiger partial charge in [-0.2, -0.15) is 8.78 Å². The lowest BCUT2D eigenvalue weighted by atomic mass is 10.2. The molecule has 0 bridgehead atoms. The van der Waals surface area contributed by atoms with Crippen LogP contribution in [0.25, 0.3) is 0 Å². The second kappa shape index (κ2) is 6.21. The van der Waals surface area contributed by atoms with Gasteiger partial charge >= 0.3 is 5.38 Å². The summed E-state index contributed by atoms with van der Waals surface area (Å²) in [6.45, 7) is 0. The van der Waals surface area contributed by atoms with E-state index in [1.807, 2.05) is 12.3 Å². The highest BCUT2D eigenvalue weighted by Gasteiger charge is 2.25. The summed E-state index contributed by atoms with van der Waals surface area (Å²) in [4.78, 5) is 12.3. The van der Waals surface area contributed by atoms with Gasteiger partial charge in [0.25, 0.3) is 0 Å². The lowest BCUT2D eigenvalue weighted by Gasteiger charge is -2.08. The SMILES string of the molecule is CSc1cccc(NC(=O)CCC(F)(F)Cl)c1. The van der Waals surface area contributed by atoms with Crippen LogP contribution in [0.4, 0.5) is 14.5 Å². The zero-order valence-corrected chi connectivity index (χ0v) is 10.7. The Hall–Kier alpha value is -0.810. The average molecular weight is 280 g/mol. The van der Waals surface area contributed by atoms with Crippen molar-refractivity contribution in [3.05, 3.63) is 24.3 Å². The average Bonchev–Trinajstić information content (AvgIpc) is 2.26. The fraction of sp³-hybridized carbons (Fsp3) is 0.364. The summed E-state index contributed by atoms with van der Waals surface area (Å²) in [6.07, 6.45) is 0.942. The second-order valence-corrected chi connectivity index (χ2v) is 4.83. The van der Waals surface area contributed by atoms with Crippen molar-refractivity contribution in [1.29, 1.82) is 0 Å². The summed E-state index contributed by atoms with van der Waals surface area (Å²) < 4.78 is 24.6. The molecule has 0 saturated carbocycles. The van der Waals surface area contributed by atoms with Crippen LogP contribution < -0.4 is 5.32 Å². The van der Waals surface area contributed by atoms with Crippen molar-refractivity contribution in [2.45, 2.75) is 23.1 Å². The van der Waals surface area contributed by atoms with E-state index in [9.17, 15) is 13.6 Å². The molecule has 17 heavy (non-hydrogen) atoms. The summed E-state index contributed by atoms with van der Waals surface area (Å²) >= 11 is 6.25. The first kappa shape index (κ1) is 14.3. The number of thioether (sulfide) groups is 1. The number of carbonyl (C=O) groups is 1. The first-order valence-corrected chi connectivity index (χ1v) is 6.51. The van der Waals surface area contributed by atoms with Crippen LogP contribution in [0.15, 0.2) is 29.2 Å². The maximum atomic E-state index is 12.3. The predicted octanol–water partition coefficient (Wildman–Crippen LogP) is 3.96. The Bertz CT molecular complexity index is 395. The van der Waals surface area contributed by atoms with Gasteiger partial charge in [0, 0.05) is 23.4 Å². The number of alkyl halides is 3. The van der Waals surface area contributed by atoms with Crippen LogP contribution in [0.3, 0.4) is 0 Å². The minimum absolute atomic E-state index is 0.306. The molecule has 6 heteroatoms. The number of anilines is 1. The van der Waals surface area contributed by atoms with E-state index in [4.69, 9.17) is 11.6 Å². The van der Waals surface area contributed by atoms with Crippen molar-refractivity contribution in [3.8, 4) is 0 Å². The number of rotatable bonds is 5. The molecule has 0 fully saturated rings. The Labute approximate surface area is 108 Å². The quantitative estimate of drug-likeness (QED) is 0.653. The van der Waals surface area contributed by atoms with Crippen LogP contribution in [0, 0.1) is 0 Å². The lowest BCUT2D eigenvalue weighted by molar-refractivity contribution is -0.117. The van der Waals surface area contributed by atoms with Gasteiger partial charge in [-0.3, -0.25) is 4.79 Å². The number of benzene rings is 1. The summed E-state index contributed by atoms with van der Waals surface area (Å²) in [5.74, 6) is -0.469. The molecule has 2 nitrogen and oxygen atoms in total. The van der Waals surface area contributed by atoms with Crippen molar-refractivity contribution in [2.75, 3.05) is 11.6 Å². The van der Waals surface area contributed by atoms with Crippen LogP contribution in [-0.4, -0.2) is 17.5 Å². The van der Waals surface area contributed by atoms with E-state index in [2.05, 4.69) is 5.32 Å². The van der Waals surface area contributed by atoms with Crippen molar-refractivity contribution in [1.82, 2.24) is 0 Å². The Morgan fingerprint density at radius 3 is 2.82 bits per heavy atom. The molecule has 94 valence electrons. The van der Waals surface area contributed by atoms with Crippen molar-refractivity contribution in [2.24, 2.45) is 0 Å². The standard InChI is InChI=1S/C11H12ClF2NOS/c1-17-9-4-2-3-8(7-9)15-10(16)5-6-11(12,13)14/h2-4,7H,5-6H2,1H3,(H,15,16). The number of carbonyl (C=O) groups excluding carboxylic acids is 1.